The smallest absolute Gasteiger partial charge is 0.391 e. The summed E-state index contributed by atoms with van der Waals surface area (Å²) in [5.41, 5.74) is 1.58. The van der Waals surface area contributed by atoms with Crippen LogP contribution in [0.1, 0.15) is 11.1 Å². The summed E-state index contributed by atoms with van der Waals surface area (Å²) in [6, 6.07) is 15.2. The van der Waals surface area contributed by atoms with Crippen LogP contribution in [0.3, 0.4) is 0 Å². The number of carbonyl (C=O) groups excluding carboxylic acids is 1. The Bertz CT molecular complexity index is 936. The molecule has 0 radical (unpaired) electrons. The summed E-state index contributed by atoms with van der Waals surface area (Å²) in [5.74, 6) is 3.71. The second kappa shape index (κ2) is 7.69. The number of benzene rings is 2. The van der Waals surface area contributed by atoms with Crippen molar-refractivity contribution in [2.75, 3.05) is 7.05 Å². The van der Waals surface area contributed by atoms with Crippen molar-refractivity contribution < 1.29 is 17.9 Å². The number of hydrogen-bond acceptors (Lipinski definition) is 4. The van der Waals surface area contributed by atoms with E-state index in [4.69, 9.17) is 4.74 Å². The Kier molecular flexibility index (Phi) is 5.63. The third-order valence-corrected chi connectivity index (χ3v) is 5.12. The molecule has 0 saturated carbocycles. The van der Waals surface area contributed by atoms with Gasteiger partial charge in [0.1, 0.15) is 0 Å². The molecule has 2 aromatic rings. The predicted molar refractivity (Wildman–Crippen MR) is 94.7 cm³/mol. The van der Waals surface area contributed by atoms with Crippen LogP contribution in [0.2, 0.25) is 0 Å². The number of ether oxygens (including phenoxy) is 1. The highest BCUT2D eigenvalue weighted by Gasteiger charge is 2.23. The fourth-order valence-corrected chi connectivity index (χ4v) is 2.95. The first-order valence-corrected chi connectivity index (χ1v) is 8.78. The van der Waals surface area contributed by atoms with E-state index < -0.39 is 16.0 Å². The lowest BCUT2D eigenvalue weighted by Gasteiger charge is -2.19. The van der Waals surface area contributed by atoms with E-state index in [0.29, 0.717) is 5.56 Å². The molecule has 5 nitrogen and oxygen atoms in total. The van der Waals surface area contributed by atoms with Crippen LogP contribution in [0, 0.1) is 18.8 Å². The van der Waals surface area contributed by atoms with E-state index in [2.05, 4.69) is 18.4 Å². The summed E-state index contributed by atoms with van der Waals surface area (Å²) < 4.78 is 30.7. The average Bonchev–Trinajstić information content (AvgIpc) is 2.60. The molecule has 0 fully saturated rings. The van der Waals surface area contributed by atoms with Gasteiger partial charge in [0.15, 0.2) is 0 Å². The maximum atomic E-state index is 12.5. The van der Waals surface area contributed by atoms with Crippen LogP contribution < -0.4 is 0 Å². The molecule has 2 rings (SSSR count). The molecule has 0 amide bonds. The van der Waals surface area contributed by atoms with Gasteiger partial charge in [-0.1, -0.05) is 41.8 Å². The highest BCUT2D eigenvalue weighted by molar-refractivity contribution is 7.89. The van der Waals surface area contributed by atoms with Gasteiger partial charge in [0.25, 0.3) is 10.0 Å². The summed E-state index contributed by atoms with van der Waals surface area (Å²) >= 11 is 0. The molecule has 25 heavy (non-hydrogen) atoms. The highest BCUT2D eigenvalue weighted by Crippen LogP contribution is 2.18. The van der Waals surface area contributed by atoms with E-state index in [1.54, 1.807) is 36.4 Å². The molecule has 0 N–H and O–H groups in total. The van der Waals surface area contributed by atoms with Crippen molar-refractivity contribution in [3.8, 4) is 11.8 Å². The highest BCUT2D eigenvalue weighted by atomic mass is 32.2. The molecular weight excluding hydrogens is 338 g/mol. The molecule has 0 unspecified atom stereocenters. The maximum Gasteiger partial charge on any atom is 0.391 e. The van der Waals surface area contributed by atoms with Crippen molar-refractivity contribution in [1.29, 1.82) is 0 Å². The molecule has 0 bridgehead atoms. The van der Waals surface area contributed by atoms with Gasteiger partial charge in [-0.15, -0.1) is 0 Å². The van der Waals surface area contributed by atoms with Gasteiger partial charge in [-0.2, -0.15) is 0 Å². The Balaban J connectivity index is 2.08. The van der Waals surface area contributed by atoms with Crippen molar-refractivity contribution in [3.63, 3.8) is 0 Å². The molecule has 0 spiro atoms. The Labute approximate surface area is 147 Å². The summed E-state index contributed by atoms with van der Waals surface area (Å²) in [6.45, 7) is 5.35. The van der Waals surface area contributed by atoms with Crippen LogP contribution in [0.15, 0.2) is 72.0 Å². The minimum absolute atomic E-state index is 0.0770. The number of carbonyl (C=O) groups is 1. The van der Waals surface area contributed by atoms with Crippen molar-refractivity contribution in [3.05, 3.63) is 78.2 Å². The lowest BCUT2D eigenvalue weighted by molar-refractivity contribution is -0.134. The van der Waals surface area contributed by atoms with Gasteiger partial charge in [-0.3, -0.25) is 0 Å². The summed E-state index contributed by atoms with van der Waals surface area (Å²) in [7, 11) is -2.60. The van der Waals surface area contributed by atoms with Crippen LogP contribution in [-0.4, -0.2) is 25.7 Å². The number of nitrogens with zero attached hydrogens (tertiary/aromatic N) is 1. The van der Waals surface area contributed by atoms with Crippen LogP contribution in [0.4, 0.5) is 0 Å². The molecule has 0 aliphatic rings. The number of aryl methyl sites for hydroxylation is 1. The Morgan fingerprint density at radius 3 is 2.28 bits per heavy atom. The minimum Gasteiger partial charge on any atom is -0.400 e. The van der Waals surface area contributed by atoms with Gasteiger partial charge < -0.3 is 4.74 Å². The van der Waals surface area contributed by atoms with E-state index in [1.807, 2.05) is 13.0 Å². The molecule has 0 atom stereocenters. The van der Waals surface area contributed by atoms with E-state index in [-0.39, 0.29) is 10.8 Å². The molecule has 0 aliphatic carbocycles. The van der Waals surface area contributed by atoms with Gasteiger partial charge in [-0.25, -0.2) is 17.5 Å². The SMILES string of the molecule is C=C(OC(=O)C#Cc1ccccc1)N(C)S(=O)(=O)c1ccc(C)cc1. The fourth-order valence-electron chi connectivity index (χ4n) is 1.84. The zero-order valence-corrected chi connectivity index (χ0v) is 14.7. The standard InChI is InChI=1S/C19H17NO4S/c1-15-9-12-18(13-10-15)25(22,23)20(3)16(2)24-19(21)14-11-17-7-5-4-6-8-17/h4-10,12-13H,2H2,1,3H3. The molecule has 128 valence electrons. The Morgan fingerprint density at radius 1 is 1.08 bits per heavy atom. The van der Waals surface area contributed by atoms with Crippen LogP contribution in [0.5, 0.6) is 0 Å². The van der Waals surface area contributed by atoms with Crippen LogP contribution >= 0.6 is 0 Å². The molecule has 0 heterocycles. The molecule has 0 aromatic heterocycles. The van der Waals surface area contributed by atoms with Gasteiger partial charge in [0.2, 0.25) is 5.88 Å². The van der Waals surface area contributed by atoms with E-state index in [9.17, 15) is 13.2 Å². The van der Waals surface area contributed by atoms with E-state index >= 15 is 0 Å². The molecule has 2 aromatic carbocycles. The van der Waals surface area contributed by atoms with E-state index in [0.717, 1.165) is 9.87 Å². The van der Waals surface area contributed by atoms with E-state index in [1.165, 1.54) is 19.2 Å². The van der Waals surface area contributed by atoms with Gasteiger partial charge >= 0.3 is 5.97 Å². The second-order valence-corrected chi connectivity index (χ2v) is 7.15. The van der Waals surface area contributed by atoms with Crippen molar-refractivity contribution in [2.45, 2.75) is 11.8 Å². The minimum atomic E-state index is -3.86. The molecule has 6 heteroatoms. The number of rotatable bonds is 4. The molecule has 0 aliphatic heterocycles. The first-order valence-electron chi connectivity index (χ1n) is 7.34. The van der Waals surface area contributed by atoms with Crippen molar-refractivity contribution >= 4 is 16.0 Å². The molecule has 0 saturated heterocycles. The number of esters is 1. The predicted octanol–water partition coefficient (Wildman–Crippen LogP) is 2.68. The topological polar surface area (TPSA) is 63.7 Å². The summed E-state index contributed by atoms with van der Waals surface area (Å²) in [5, 5.41) is 0. The third-order valence-electron chi connectivity index (χ3n) is 3.32. The van der Waals surface area contributed by atoms with Crippen LogP contribution in [-0.2, 0) is 19.6 Å². The summed E-state index contributed by atoms with van der Waals surface area (Å²) in [6.07, 6.45) is 0. The quantitative estimate of drug-likeness (QED) is 0.481. The largest absolute Gasteiger partial charge is 0.400 e. The van der Waals surface area contributed by atoms with Gasteiger partial charge in [0.05, 0.1) is 4.90 Å². The molecular formula is C19H17NO4S. The zero-order chi connectivity index (χ0) is 18.4. The van der Waals surface area contributed by atoms with Gasteiger partial charge in [-0.05, 0) is 37.8 Å². The average molecular weight is 355 g/mol. The monoisotopic (exact) mass is 355 g/mol. The summed E-state index contributed by atoms with van der Waals surface area (Å²) in [4.78, 5) is 11.8. The maximum absolute atomic E-state index is 12.5. The number of hydrogen-bond donors (Lipinski definition) is 0. The Morgan fingerprint density at radius 2 is 1.68 bits per heavy atom. The van der Waals surface area contributed by atoms with Gasteiger partial charge in [0, 0.05) is 18.5 Å². The third kappa shape index (κ3) is 4.72. The lowest BCUT2D eigenvalue weighted by atomic mass is 10.2. The number of sulfonamides is 1. The lowest BCUT2D eigenvalue weighted by Crippen LogP contribution is -2.28. The first kappa shape index (κ1) is 18.3. The Hall–Kier alpha value is -3.04. The van der Waals surface area contributed by atoms with Crippen molar-refractivity contribution in [2.24, 2.45) is 0 Å². The van der Waals surface area contributed by atoms with Crippen molar-refractivity contribution in [1.82, 2.24) is 4.31 Å². The van der Waals surface area contributed by atoms with Crippen LogP contribution in [0.25, 0.3) is 0 Å². The fraction of sp³-hybridized carbons (Fsp3) is 0.105. The first-order chi connectivity index (χ1) is 11.8. The zero-order valence-electron chi connectivity index (χ0n) is 13.9. The second-order valence-electron chi connectivity index (χ2n) is 5.18. The normalized spacial score (nSPS) is 10.3.